The molecule has 3 heterocycles. The monoisotopic (exact) mass is 368 g/mol. The normalized spacial score (nSPS) is 24.0. The molecule has 3 aliphatic heterocycles. The zero-order valence-electron chi connectivity index (χ0n) is 15.4. The second kappa shape index (κ2) is 7.04. The van der Waals surface area contributed by atoms with E-state index in [1.165, 1.54) is 29.8 Å². The van der Waals surface area contributed by atoms with Gasteiger partial charge in [0.2, 0.25) is 0 Å². The zero-order chi connectivity index (χ0) is 18.2. The molecule has 0 unspecified atom stereocenters. The van der Waals surface area contributed by atoms with Gasteiger partial charge in [-0.25, -0.2) is 4.39 Å². The average Bonchev–Trinajstić information content (AvgIpc) is 2.85. The fraction of sp³-hybridized carbons (Fsp3) is 0.455. The van der Waals surface area contributed by atoms with E-state index < -0.39 is 0 Å². The molecule has 0 N–H and O–H groups in total. The molecule has 0 aromatic heterocycles. The Kier molecular flexibility index (Phi) is 4.40. The highest BCUT2D eigenvalue weighted by atomic mass is 19.1. The number of nitrogens with zero attached hydrogens (tertiary/aromatic N) is 2. The van der Waals surface area contributed by atoms with Crippen LogP contribution in [0.2, 0.25) is 0 Å². The highest BCUT2D eigenvalue weighted by Crippen LogP contribution is 2.49. The van der Waals surface area contributed by atoms with Crippen LogP contribution in [0.3, 0.4) is 0 Å². The summed E-state index contributed by atoms with van der Waals surface area (Å²) < 4.78 is 24.8. The highest BCUT2D eigenvalue weighted by molar-refractivity contribution is 5.70. The van der Waals surface area contributed by atoms with Gasteiger partial charge in [0.25, 0.3) is 0 Å². The molecule has 5 rings (SSSR count). The van der Waals surface area contributed by atoms with Crippen LogP contribution in [0, 0.1) is 5.82 Å². The van der Waals surface area contributed by atoms with E-state index in [4.69, 9.17) is 9.47 Å². The van der Waals surface area contributed by atoms with E-state index in [0.717, 1.165) is 50.7 Å². The number of likely N-dealkylation sites (tertiary alicyclic amines) is 1. The van der Waals surface area contributed by atoms with Gasteiger partial charge in [0, 0.05) is 38.1 Å². The standard InChI is InChI=1S/C22H25FN2O2/c23-16-5-7-17(8-6-16)26-14-12-24-11-9-20-19(15-24)18-3-1-4-21-22(18)25(20)10-2-13-27-21/h1,3-8,19-20H,2,9-15H2/t19-,20-/m0/s1. The topological polar surface area (TPSA) is 24.9 Å². The molecule has 4 nitrogen and oxygen atoms in total. The maximum Gasteiger partial charge on any atom is 0.142 e. The molecule has 0 radical (unpaired) electrons. The summed E-state index contributed by atoms with van der Waals surface area (Å²) in [6.07, 6.45) is 2.27. The Morgan fingerprint density at radius 3 is 2.89 bits per heavy atom. The Hall–Kier alpha value is -2.27. The van der Waals surface area contributed by atoms with Crippen molar-refractivity contribution in [2.75, 3.05) is 44.3 Å². The minimum atomic E-state index is -0.231. The molecule has 0 amide bonds. The first kappa shape index (κ1) is 16.9. The molecule has 0 bridgehead atoms. The number of para-hydroxylation sites is 1. The first-order valence-electron chi connectivity index (χ1n) is 9.93. The van der Waals surface area contributed by atoms with Crippen LogP contribution in [0.25, 0.3) is 0 Å². The van der Waals surface area contributed by atoms with Crippen molar-refractivity contribution in [3.8, 4) is 11.5 Å². The Bertz CT molecular complexity index is 810. The van der Waals surface area contributed by atoms with Gasteiger partial charge in [-0.15, -0.1) is 0 Å². The van der Waals surface area contributed by atoms with Gasteiger partial charge < -0.3 is 14.4 Å². The molecule has 1 saturated heterocycles. The Morgan fingerprint density at radius 2 is 2.00 bits per heavy atom. The molecule has 2 aromatic carbocycles. The van der Waals surface area contributed by atoms with Gasteiger partial charge in [0.05, 0.1) is 12.3 Å². The van der Waals surface area contributed by atoms with Crippen LogP contribution in [0.1, 0.15) is 24.3 Å². The van der Waals surface area contributed by atoms with Crippen LogP contribution in [0.5, 0.6) is 11.5 Å². The second-order valence-electron chi connectivity index (χ2n) is 7.65. The third-order valence-electron chi connectivity index (χ3n) is 6.07. The number of rotatable bonds is 4. The molecule has 2 aromatic rings. The maximum atomic E-state index is 13.0. The van der Waals surface area contributed by atoms with Crippen LogP contribution in [-0.2, 0) is 0 Å². The second-order valence-corrected chi connectivity index (χ2v) is 7.65. The summed E-state index contributed by atoms with van der Waals surface area (Å²) in [6.45, 7) is 5.59. The summed E-state index contributed by atoms with van der Waals surface area (Å²) in [5.41, 5.74) is 2.79. The third-order valence-corrected chi connectivity index (χ3v) is 6.07. The van der Waals surface area contributed by atoms with Crippen LogP contribution < -0.4 is 14.4 Å². The van der Waals surface area contributed by atoms with E-state index >= 15 is 0 Å². The van der Waals surface area contributed by atoms with Crippen molar-refractivity contribution in [3.05, 3.63) is 53.8 Å². The molecule has 0 spiro atoms. The molecular weight excluding hydrogens is 343 g/mol. The molecule has 1 fully saturated rings. The van der Waals surface area contributed by atoms with Gasteiger partial charge in [0.15, 0.2) is 0 Å². The molecule has 142 valence electrons. The number of hydrogen-bond donors (Lipinski definition) is 0. The first-order chi connectivity index (χ1) is 13.3. The summed E-state index contributed by atoms with van der Waals surface area (Å²) in [6, 6.07) is 13.4. The maximum absolute atomic E-state index is 13.0. The number of halogens is 1. The average molecular weight is 368 g/mol. The van der Waals surface area contributed by atoms with Crippen molar-refractivity contribution in [1.82, 2.24) is 4.90 Å². The van der Waals surface area contributed by atoms with Crippen molar-refractivity contribution in [1.29, 1.82) is 0 Å². The van der Waals surface area contributed by atoms with Crippen LogP contribution >= 0.6 is 0 Å². The van der Waals surface area contributed by atoms with Crippen molar-refractivity contribution < 1.29 is 13.9 Å². The van der Waals surface area contributed by atoms with E-state index in [0.29, 0.717) is 18.6 Å². The van der Waals surface area contributed by atoms with E-state index in [1.54, 1.807) is 12.1 Å². The minimum Gasteiger partial charge on any atom is -0.492 e. The molecule has 2 atom stereocenters. The molecule has 5 heteroatoms. The van der Waals surface area contributed by atoms with Gasteiger partial charge in [0.1, 0.15) is 23.9 Å². The predicted molar refractivity (Wildman–Crippen MR) is 103 cm³/mol. The molecular formula is C22H25FN2O2. The number of fused-ring (bicyclic) bond motifs is 3. The molecule has 0 saturated carbocycles. The third kappa shape index (κ3) is 3.14. The SMILES string of the molecule is Fc1ccc(OCCN2CC[C@H]3[C@@H](C2)c2cccc4c2N3CCCO4)cc1. The molecule has 3 aliphatic rings. The van der Waals surface area contributed by atoms with Crippen LogP contribution in [-0.4, -0.2) is 50.3 Å². The molecule has 27 heavy (non-hydrogen) atoms. The lowest BCUT2D eigenvalue weighted by Crippen LogP contribution is -2.47. The van der Waals surface area contributed by atoms with Gasteiger partial charge in [-0.05, 0) is 48.7 Å². The lowest BCUT2D eigenvalue weighted by atomic mass is 9.89. The first-order valence-corrected chi connectivity index (χ1v) is 9.93. The number of ether oxygens (including phenoxy) is 2. The minimum absolute atomic E-state index is 0.231. The summed E-state index contributed by atoms with van der Waals surface area (Å²) >= 11 is 0. The van der Waals surface area contributed by atoms with E-state index in [2.05, 4.69) is 28.0 Å². The Morgan fingerprint density at radius 1 is 1.11 bits per heavy atom. The Labute approximate surface area is 159 Å². The van der Waals surface area contributed by atoms with E-state index in [9.17, 15) is 4.39 Å². The number of hydrogen-bond acceptors (Lipinski definition) is 4. The van der Waals surface area contributed by atoms with Crippen molar-refractivity contribution in [2.45, 2.75) is 24.8 Å². The quantitative estimate of drug-likeness (QED) is 0.822. The largest absolute Gasteiger partial charge is 0.492 e. The summed E-state index contributed by atoms with van der Waals surface area (Å²) in [7, 11) is 0. The zero-order valence-corrected chi connectivity index (χ0v) is 15.4. The van der Waals surface area contributed by atoms with Gasteiger partial charge in [-0.3, -0.25) is 4.90 Å². The van der Waals surface area contributed by atoms with E-state index in [-0.39, 0.29) is 5.82 Å². The smallest absolute Gasteiger partial charge is 0.142 e. The lowest BCUT2D eigenvalue weighted by molar-refractivity contribution is 0.160. The van der Waals surface area contributed by atoms with Crippen molar-refractivity contribution in [2.24, 2.45) is 0 Å². The van der Waals surface area contributed by atoms with Gasteiger partial charge >= 0.3 is 0 Å². The predicted octanol–water partition coefficient (Wildman–Crippen LogP) is 3.67. The molecule has 0 aliphatic carbocycles. The fourth-order valence-electron chi connectivity index (χ4n) is 4.84. The summed E-state index contributed by atoms with van der Waals surface area (Å²) in [5, 5.41) is 0. The summed E-state index contributed by atoms with van der Waals surface area (Å²) in [4.78, 5) is 5.10. The summed E-state index contributed by atoms with van der Waals surface area (Å²) in [5.74, 6) is 2.10. The number of anilines is 1. The van der Waals surface area contributed by atoms with Crippen molar-refractivity contribution in [3.63, 3.8) is 0 Å². The number of piperidine rings is 1. The number of benzene rings is 2. The van der Waals surface area contributed by atoms with Gasteiger partial charge in [-0.1, -0.05) is 12.1 Å². The van der Waals surface area contributed by atoms with Gasteiger partial charge in [-0.2, -0.15) is 0 Å². The lowest BCUT2D eigenvalue weighted by Gasteiger charge is -2.38. The van der Waals surface area contributed by atoms with Crippen LogP contribution in [0.4, 0.5) is 10.1 Å². The van der Waals surface area contributed by atoms with E-state index in [1.807, 2.05) is 0 Å². The Balaban J connectivity index is 1.26. The fourth-order valence-corrected chi connectivity index (χ4v) is 4.84. The van der Waals surface area contributed by atoms with Crippen LogP contribution in [0.15, 0.2) is 42.5 Å². The van der Waals surface area contributed by atoms with Crippen molar-refractivity contribution >= 4 is 5.69 Å². The highest BCUT2D eigenvalue weighted by Gasteiger charge is 2.43.